The van der Waals surface area contributed by atoms with Crippen molar-refractivity contribution in [3.63, 3.8) is 0 Å². The maximum Gasteiger partial charge on any atom is 0.230 e. The van der Waals surface area contributed by atoms with Gasteiger partial charge in [0, 0.05) is 17.1 Å². The van der Waals surface area contributed by atoms with E-state index in [4.69, 9.17) is 4.42 Å². The van der Waals surface area contributed by atoms with Gasteiger partial charge in [0.15, 0.2) is 5.76 Å². The van der Waals surface area contributed by atoms with Gasteiger partial charge in [-0.05, 0) is 38.1 Å². The first kappa shape index (κ1) is 10.8. The molecule has 0 atom stereocenters. The van der Waals surface area contributed by atoms with E-state index in [1.807, 2.05) is 32.0 Å². The van der Waals surface area contributed by atoms with Gasteiger partial charge in [-0.3, -0.25) is 4.79 Å². The predicted octanol–water partition coefficient (Wildman–Crippen LogP) is 3.61. The second kappa shape index (κ2) is 3.88. The van der Waals surface area contributed by atoms with Crippen LogP contribution in [0.25, 0.3) is 10.9 Å². The normalized spacial score (nSPS) is 11.0. The smallest absolute Gasteiger partial charge is 0.230 e. The molecule has 0 fully saturated rings. The van der Waals surface area contributed by atoms with Crippen molar-refractivity contribution >= 4 is 16.7 Å². The zero-order valence-corrected chi connectivity index (χ0v) is 10.3. The average molecular weight is 239 g/mol. The Labute approximate surface area is 104 Å². The number of furan rings is 1. The van der Waals surface area contributed by atoms with E-state index >= 15 is 0 Å². The van der Waals surface area contributed by atoms with Gasteiger partial charge in [0.25, 0.3) is 0 Å². The molecule has 3 rings (SSSR count). The second-order valence-electron chi connectivity index (χ2n) is 4.49. The number of H-pyrrole nitrogens is 1. The number of carbonyl (C=O) groups is 1. The summed E-state index contributed by atoms with van der Waals surface area (Å²) in [4.78, 5) is 15.4. The van der Waals surface area contributed by atoms with Gasteiger partial charge < -0.3 is 9.40 Å². The van der Waals surface area contributed by atoms with Crippen molar-refractivity contribution in [3.05, 3.63) is 59.2 Å². The number of nitrogens with one attached hydrogen (secondary N) is 1. The number of hydrogen-bond acceptors (Lipinski definition) is 2. The number of aryl methyl sites for hydroxylation is 2. The van der Waals surface area contributed by atoms with Gasteiger partial charge in [-0.15, -0.1) is 0 Å². The Balaban J connectivity index is 2.14. The summed E-state index contributed by atoms with van der Waals surface area (Å²) >= 11 is 0. The summed E-state index contributed by atoms with van der Waals surface area (Å²) in [5.41, 5.74) is 2.75. The van der Waals surface area contributed by atoms with Crippen LogP contribution >= 0.6 is 0 Å². The molecule has 0 unspecified atom stereocenters. The lowest BCUT2D eigenvalue weighted by Gasteiger charge is -1.97. The van der Waals surface area contributed by atoms with Crippen LogP contribution in [0.4, 0.5) is 0 Å². The zero-order valence-electron chi connectivity index (χ0n) is 10.3. The maximum absolute atomic E-state index is 12.3. The Morgan fingerprint density at radius 1 is 1.17 bits per heavy atom. The Kier molecular flexibility index (Phi) is 2.33. The van der Waals surface area contributed by atoms with Gasteiger partial charge in [-0.1, -0.05) is 11.6 Å². The zero-order chi connectivity index (χ0) is 12.7. The number of hydrogen-bond donors (Lipinski definition) is 1. The number of ketones is 1. The van der Waals surface area contributed by atoms with E-state index in [1.54, 1.807) is 18.3 Å². The molecule has 0 amide bonds. The van der Waals surface area contributed by atoms with E-state index in [-0.39, 0.29) is 5.78 Å². The minimum Gasteiger partial charge on any atom is -0.458 e. The summed E-state index contributed by atoms with van der Waals surface area (Å²) in [5.74, 6) is 1.05. The fourth-order valence-corrected chi connectivity index (χ4v) is 2.11. The largest absolute Gasteiger partial charge is 0.458 e. The fourth-order valence-electron chi connectivity index (χ4n) is 2.11. The molecule has 0 aliphatic heterocycles. The monoisotopic (exact) mass is 239 g/mol. The lowest BCUT2D eigenvalue weighted by Crippen LogP contribution is -1.98. The van der Waals surface area contributed by atoms with Crippen LogP contribution in [0.1, 0.15) is 27.4 Å². The number of aromatic amines is 1. The quantitative estimate of drug-likeness (QED) is 0.694. The Morgan fingerprint density at radius 2 is 2.00 bits per heavy atom. The lowest BCUT2D eigenvalue weighted by molar-refractivity contribution is 0.101. The summed E-state index contributed by atoms with van der Waals surface area (Å²) in [6, 6.07) is 9.52. The summed E-state index contributed by atoms with van der Waals surface area (Å²) in [6.07, 6.45) is 1.74. The molecule has 0 saturated carbocycles. The van der Waals surface area contributed by atoms with Crippen molar-refractivity contribution < 1.29 is 9.21 Å². The average Bonchev–Trinajstić information content (AvgIpc) is 2.94. The van der Waals surface area contributed by atoms with Gasteiger partial charge >= 0.3 is 0 Å². The Bertz CT molecular complexity index is 734. The summed E-state index contributed by atoms with van der Waals surface area (Å²) < 4.78 is 5.38. The number of fused-ring (bicyclic) bond motifs is 1. The number of carbonyl (C=O) groups excluding carboxylic acids is 1. The molecule has 90 valence electrons. The second-order valence-corrected chi connectivity index (χ2v) is 4.49. The molecule has 0 aliphatic rings. The van der Waals surface area contributed by atoms with Gasteiger partial charge in [-0.2, -0.15) is 0 Å². The van der Waals surface area contributed by atoms with E-state index in [1.165, 1.54) is 0 Å². The molecule has 0 bridgehead atoms. The number of benzene rings is 1. The third-order valence-electron chi connectivity index (χ3n) is 3.05. The van der Waals surface area contributed by atoms with Crippen LogP contribution in [0.2, 0.25) is 0 Å². The van der Waals surface area contributed by atoms with Crippen LogP contribution in [-0.2, 0) is 0 Å². The first-order chi connectivity index (χ1) is 8.65. The van der Waals surface area contributed by atoms with Crippen LogP contribution in [0.3, 0.4) is 0 Å². The summed E-state index contributed by atoms with van der Waals surface area (Å²) in [7, 11) is 0. The van der Waals surface area contributed by atoms with Crippen molar-refractivity contribution in [2.75, 3.05) is 0 Å². The van der Waals surface area contributed by atoms with Crippen molar-refractivity contribution in [2.45, 2.75) is 13.8 Å². The molecule has 1 N–H and O–H groups in total. The molecule has 0 saturated heterocycles. The topological polar surface area (TPSA) is 46.0 Å². The minimum atomic E-state index is -0.0834. The molecule has 18 heavy (non-hydrogen) atoms. The standard InChI is InChI=1S/C15H13NO2/c1-9-3-5-13-11(7-9)12(8-16-13)15(17)14-6-4-10(2)18-14/h3-8,16H,1-2H3. The number of aromatic nitrogens is 1. The van der Waals surface area contributed by atoms with Crippen molar-refractivity contribution in [1.29, 1.82) is 0 Å². The molecular weight excluding hydrogens is 226 g/mol. The Morgan fingerprint density at radius 3 is 2.72 bits per heavy atom. The fraction of sp³-hybridized carbons (Fsp3) is 0.133. The summed E-state index contributed by atoms with van der Waals surface area (Å²) in [6.45, 7) is 3.84. The highest BCUT2D eigenvalue weighted by Gasteiger charge is 2.17. The van der Waals surface area contributed by atoms with Crippen LogP contribution in [0.5, 0.6) is 0 Å². The van der Waals surface area contributed by atoms with Gasteiger partial charge in [0.05, 0.1) is 5.56 Å². The van der Waals surface area contributed by atoms with Gasteiger partial charge in [-0.25, -0.2) is 0 Å². The van der Waals surface area contributed by atoms with Gasteiger partial charge in [0.2, 0.25) is 5.78 Å². The third-order valence-corrected chi connectivity index (χ3v) is 3.05. The molecule has 0 aliphatic carbocycles. The lowest BCUT2D eigenvalue weighted by atomic mass is 10.1. The highest BCUT2D eigenvalue weighted by atomic mass is 16.3. The third kappa shape index (κ3) is 1.64. The van der Waals surface area contributed by atoms with Gasteiger partial charge in [0.1, 0.15) is 5.76 Å². The molecule has 3 aromatic rings. The predicted molar refractivity (Wildman–Crippen MR) is 69.9 cm³/mol. The van der Waals surface area contributed by atoms with Crippen LogP contribution < -0.4 is 0 Å². The van der Waals surface area contributed by atoms with E-state index in [0.717, 1.165) is 22.2 Å². The molecule has 1 aromatic carbocycles. The molecule has 2 aromatic heterocycles. The molecule has 0 spiro atoms. The molecular formula is C15H13NO2. The SMILES string of the molecule is Cc1ccc2[nH]cc(C(=O)c3ccc(C)o3)c2c1. The molecule has 2 heterocycles. The molecule has 3 nitrogen and oxygen atoms in total. The summed E-state index contributed by atoms with van der Waals surface area (Å²) in [5, 5.41) is 0.939. The first-order valence-electron chi connectivity index (χ1n) is 5.84. The van der Waals surface area contributed by atoms with Crippen molar-refractivity contribution in [2.24, 2.45) is 0 Å². The molecule has 3 heteroatoms. The minimum absolute atomic E-state index is 0.0834. The Hall–Kier alpha value is -2.29. The highest BCUT2D eigenvalue weighted by Crippen LogP contribution is 2.23. The number of rotatable bonds is 2. The van der Waals surface area contributed by atoms with Crippen molar-refractivity contribution in [3.8, 4) is 0 Å². The van der Waals surface area contributed by atoms with E-state index in [0.29, 0.717) is 11.3 Å². The van der Waals surface area contributed by atoms with Crippen LogP contribution in [0, 0.1) is 13.8 Å². The highest BCUT2D eigenvalue weighted by molar-refractivity contribution is 6.15. The van der Waals surface area contributed by atoms with E-state index in [9.17, 15) is 4.79 Å². The first-order valence-corrected chi connectivity index (χ1v) is 5.84. The molecule has 0 radical (unpaired) electrons. The van der Waals surface area contributed by atoms with Crippen molar-refractivity contribution in [1.82, 2.24) is 4.98 Å². The van der Waals surface area contributed by atoms with E-state index in [2.05, 4.69) is 4.98 Å². The van der Waals surface area contributed by atoms with E-state index < -0.39 is 0 Å². The van der Waals surface area contributed by atoms with Crippen LogP contribution in [-0.4, -0.2) is 10.8 Å². The van der Waals surface area contributed by atoms with Crippen LogP contribution in [0.15, 0.2) is 40.9 Å². The maximum atomic E-state index is 12.3.